The number of carbonyl (C=O) groups excluding carboxylic acids is 1. The first-order valence-corrected chi connectivity index (χ1v) is 7.84. The third kappa shape index (κ3) is 2.62. The van der Waals surface area contributed by atoms with Gasteiger partial charge < -0.3 is 9.32 Å². The third-order valence-corrected chi connectivity index (χ3v) is 4.52. The second kappa shape index (κ2) is 6.00. The molecule has 0 aliphatic carbocycles. The van der Waals surface area contributed by atoms with Crippen molar-refractivity contribution >= 4 is 17.8 Å². The van der Waals surface area contributed by atoms with Gasteiger partial charge in [0.2, 0.25) is 0 Å². The standard InChI is InChI=1S/C19H21N3O2/c1-13-14(10-12-24-13)18(23)21-20-11-9-17-19(2,3)15-7-5-6-8-16(15)22(17)4/h5-12H,1-4H3,(H,21,23). The number of carbonyl (C=O) groups is 1. The van der Waals surface area contributed by atoms with Crippen molar-refractivity contribution in [1.29, 1.82) is 0 Å². The number of para-hydroxylation sites is 1. The Bertz CT molecular complexity index is 831. The summed E-state index contributed by atoms with van der Waals surface area (Å²) < 4.78 is 5.12. The molecule has 5 nitrogen and oxygen atoms in total. The van der Waals surface area contributed by atoms with Gasteiger partial charge in [-0.25, -0.2) is 5.43 Å². The van der Waals surface area contributed by atoms with E-state index in [2.05, 4.69) is 47.5 Å². The van der Waals surface area contributed by atoms with E-state index in [1.807, 2.05) is 19.2 Å². The highest BCUT2D eigenvalue weighted by Crippen LogP contribution is 2.46. The van der Waals surface area contributed by atoms with Gasteiger partial charge in [0, 0.05) is 30.1 Å². The first-order chi connectivity index (χ1) is 11.4. The molecule has 5 heteroatoms. The monoisotopic (exact) mass is 323 g/mol. The van der Waals surface area contributed by atoms with Gasteiger partial charge in [-0.15, -0.1) is 0 Å². The number of hydrazone groups is 1. The van der Waals surface area contributed by atoms with Crippen molar-refractivity contribution in [1.82, 2.24) is 5.43 Å². The van der Waals surface area contributed by atoms with Crippen LogP contribution in [0.1, 0.15) is 35.5 Å². The Hall–Kier alpha value is -2.82. The Labute approximate surface area is 141 Å². The van der Waals surface area contributed by atoms with Crippen LogP contribution < -0.4 is 10.3 Å². The maximum Gasteiger partial charge on any atom is 0.274 e. The van der Waals surface area contributed by atoms with Crippen molar-refractivity contribution in [2.45, 2.75) is 26.2 Å². The van der Waals surface area contributed by atoms with E-state index in [1.165, 1.54) is 17.5 Å². The predicted octanol–water partition coefficient (Wildman–Crippen LogP) is 3.62. The van der Waals surface area contributed by atoms with E-state index >= 15 is 0 Å². The highest BCUT2D eigenvalue weighted by Gasteiger charge is 2.37. The number of hydrogen-bond donors (Lipinski definition) is 1. The van der Waals surface area contributed by atoms with Crippen LogP contribution in [0.15, 0.2) is 57.9 Å². The van der Waals surface area contributed by atoms with Crippen LogP contribution in [0.4, 0.5) is 5.69 Å². The van der Waals surface area contributed by atoms with Crippen LogP contribution in [0.2, 0.25) is 0 Å². The van der Waals surface area contributed by atoms with E-state index in [1.54, 1.807) is 19.2 Å². The molecule has 1 aromatic carbocycles. The lowest BCUT2D eigenvalue weighted by Gasteiger charge is -2.23. The van der Waals surface area contributed by atoms with Crippen LogP contribution in [0.5, 0.6) is 0 Å². The highest BCUT2D eigenvalue weighted by atomic mass is 16.3. The number of allylic oxidation sites excluding steroid dienone is 2. The zero-order chi connectivity index (χ0) is 17.3. The molecule has 1 aromatic heterocycles. The Morgan fingerprint density at radius 1 is 1.29 bits per heavy atom. The van der Waals surface area contributed by atoms with Crippen LogP contribution >= 0.6 is 0 Å². The number of nitrogens with one attached hydrogen (secondary N) is 1. The molecule has 0 atom stereocenters. The summed E-state index contributed by atoms with van der Waals surface area (Å²) in [4.78, 5) is 14.1. The van der Waals surface area contributed by atoms with Gasteiger partial charge in [0.05, 0.1) is 11.8 Å². The molecule has 0 radical (unpaired) electrons. The summed E-state index contributed by atoms with van der Waals surface area (Å²) in [6.07, 6.45) is 5.04. The zero-order valence-electron chi connectivity index (χ0n) is 14.3. The summed E-state index contributed by atoms with van der Waals surface area (Å²) in [6.45, 7) is 6.11. The number of anilines is 1. The molecule has 0 fully saturated rings. The molecular formula is C19H21N3O2. The smallest absolute Gasteiger partial charge is 0.274 e. The number of benzene rings is 1. The van der Waals surface area contributed by atoms with Crippen molar-refractivity contribution in [3.8, 4) is 0 Å². The Balaban J connectivity index is 1.76. The summed E-state index contributed by atoms with van der Waals surface area (Å²) in [5.41, 5.74) is 6.51. The fraction of sp³-hybridized carbons (Fsp3) is 0.263. The second-order valence-corrected chi connectivity index (χ2v) is 6.36. The lowest BCUT2D eigenvalue weighted by atomic mass is 9.84. The van der Waals surface area contributed by atoms with Gasteiger partial charge in [0.1, 0.15) is 5.76 Å². The van der Waals surface area contributed by atoms with Crippen LogP contribution in [0.3, 0.4) is 0 Å². The fourth-order valence-electron chi connectivity index (χ4n) is 3.19. The number of aryl methyl sites for hydroxylation is 1. The van der Waals surface area contributed by atoms with Crippen molar-refractivity contribution in [3.05, 3.63) is 65.3 Å². The molecule has 0 bridgehead atoms. The van der Waals surface area contributed by atoms with E-state index in [9.17, 15) is 4.79 Å². The average Bonchev–Trinajstić information content (AvgIpc) is 3.06. The minimum absolute atomic E-state index is 0.109. The first kappa shape index (κ1) is 16.1. The van der Waals surface area contributed by atoms with E-state index < -0.39 is 0 Å². The molecule has 2 aromatic rings. The lowest BCUT2D eigenvalue weighted by molar-refractivity contribution is 0.0953. The van der Waals surface area contributed by atoms with Crippen LogP contribution in [0.25, 0.3) is 0 Å². The number of nitrogens with zero attached hydrogens (tertiary/aromatic N) is 2. The van der Waals surface area contributed by atoms with Gasteiger partial charge in [-0.1, -0.05) is 32.0 Å². The molecule has 124 valence electrons. The molecule has 0 spiro atoms. The molecule has 1 amide bonds. The number of fused-ring (bicyclic) bond motifs is 1. The number of hydrogen-bond acceptors (Lipinski definition) is 4. The average molecular weight is 323 g/mol. The Kier molecular flexibility index (Phi) is 4.01. The summed E-state index contributed by atoms with van der Waals surface area (Å²) in [5, 5.41) is 4.03. The molecular weight excluding hydrogens is 302 g/mol. The Morgan fingerprint density at radius 3 is 2.71 bits per heavy atom. The number of likely N-dealkylation sites (N-methyl/N-ethyl adjacent to an activating group) is 1. The summed E-state index contributed by atoms with van der Waals surface area (Å²) in [7, 11) is 2.04. The molecule has 0 saturated carbocycles. The predicted molar refractivity (Wildman–Crippen MR) is 95.4 cm³/mol. The van der Waals surface area contributed by atoms with E-state index in [4.69, 9.17) is 4.42 Å². The minimum Gasteiger partial charge on any atom is -0.469 e. The SMILES string of the molecule is Cc1occc1C(=O)NN=CC=C1N(C)c2ccccc2C1(C)C. The number of rotatable bonds is 3. The molecule has 24 heavy (non-hydrogen) atoms. The van der Waals surface area contributed by atoms with Crippen molar-refractivity contribution < 1.29 is 9.21 Å². The van der Waals surface area contributed by atoms with Crippen molar-refractivity contribution in [2.75, 3.05) is 11.9 Å². The maximum atomic E-state index is 12.0. The highest BCUT2D eigenvalue weighted by molar-refractivity contribution is 5.95. The molecule has 1 N–H and O–H groups in total. The topological polar surface area (TPSA) is 57.8 Å². The zero-order valence-corrected chi connectivity index (χ0v) is 14.3. The maximum absolute atomic E-state index is 12.0. The molecule has 1 aliphatic heterocycles. The first-order valence-electron chi connectivity index (χ1n) is 7.84. The van der Waals surface area contributed by atoms with E-state index in [-0.39, 0.29) is 11.3 Å². The number of amides is 1. The second-order valence-electron chi connectivity index (χ2n) is 6.36. The molecule has 2 heterocycles. The van der Waals surface area contributed by atoms with Crippen LogP contribution in [-0.4, -0.2) is 19.2 Å². The minimum atomic E-state index is -0.279. The van der Waals surface area contributed by atoms with Gasteiger partial charge in [-0.3, -0.25) is 4.79 Å². The van der Waals surface area contributed by atoms with E-state index in [0.29, 0.717) is 11.3 Å². The van der Waals surface area contributed by atoms with Crippen molar-refractivity contribution in [3.63, 3.8) is 0 Å². The third-order valence-electron chi connectivity index (χ3n) is 4.52. The fourth-order valence-corrected chi connectivity index (χ4v) is 3.19. The number of furan rings is 1. The van der Waals surface area contributed by atoms with Crippen LogP contribution in [0, 0.1) is 6.92 Å². The Morgan fingerprint density at radius 2 is 2.04 bits per heavy atom. The van der Waals surface area contributed by atoms with Gasteiger partial charge in [-0.2, -0.15) is 5.10 Å². The summed E-state index contributed by atoms with van der Waals surface area (Å²) in [5.74, 6) is 0.298. The normalized spacial score (nSPS) is 17.5. The van der Waals surface area contributed by atoms with Gasteiger partial charge in [0.15, 0.2) is 0 Å². The molecule has 3 rings (SSSR count). The molecule has 0 unspecified atom stereocenters. The van der Waals surface area contributed by atoms with Gasteiger partial charge in [-0.05, 0) is 30.7 Å². The summed E-state index contributed by atoms with van der Waals surface area (Å²) in [6, 6.07) is 9.98. The van der Waals surface area contributed by atoms with Crippen molar-refractivity contribution in [2.24, 2.45) is 5.10 Å². The van der Waals surface area contributed by atoms with E-state index in [0.717, 1.165) is 5.70 Å². The van der Waals surface area contributed by atoms with Crippen LogP contribution in [-0.2, 0) is 5.41 Å². The van der Waals surface area contributed by atoms with Gasteiger partial charge in [0.25, 0.3) is 5.91 Å². The largest absolute Gasteiger partial charge is 0.469 e. The molecule has 1 aliphatic rings. The summed E-state index contributed by atoms with van der Waals surface area (Å²) >= 11 is 0. The quantitative estimate of drug-likeness (QED) is 0.693. The lowest BCUT2D eigenvalue weighted by Crippen LogP contribution is -2.23. The molecule has 0 saturated heterocycles. The van der Waals surface area contributed by atoms with Gasteiger partial charge >= 0.3 is 0 Å².